The van der Waals surface area contributed by atoms with Gasteiger partial charge in [-0.2, -0.15) is 13.2 Å². The van der Waals surface area contributed by atoms with Crippen LogP contribution in [-0.4, -0.2) is 4.98 Å². The van der Waals surface area contributed by atoms with E-state index < -0.39 is 11.7 Å². The Balaban J connectivity index is 2.57. The summed E-state index contributed by atoms with van der Waals surface area (Å²) in [6.45, 7) is 1.62. The second-order valence-corrected chi connectivity index (χ2v) is 3.97. The van der Waals surface area contributed by atoms with E-state index in [2.05, 4.69) is 4.98 Å². The van der Waals surface area contributed by atoms with Gasteiger partial charge >= 0.3 is 6.18 Å². The highest BCUT2D eigenvalue weighted by Crippen LogP contribution is 2.37. The van der Waals surface area contributed by atoms with E-state index in [0.29, 0.717) is 11.5 Å². The van der Waals surface area contributed by atoms with Gasteiger partial charge < -0.3 is 4.42 Å². The lowest BCUT2D eigenvalue weighted by Crippen LogP contribution is -2.06. The minimum absolute atomic E-state index is 0.0592. The van der Waals surface area contributed by atoms with Gasteiger partial charge in [-0.25, -0.2) is 4.98 Å². The second kappa shape index (κ2) is 4.65. The van der Waals surface area contributed by atoms with Crippen molar-refractivity contribution in [3.05, 3.63) is 41.3 Å². The first kappa shape index (κ1) is 13.0. The van der Waals surface area contributed by atoms with Gasteiger partial charge in [0.1, 0.15) is 5.76 Å². The van der Waals surface area contributed by atoms with Crippen LogP contribution < -0.4 is 0 Å². The fraction of sp³-hybridized carbons (Fsp3) is 0.250. The fourth-order valence-corrected chi connectivity index (χ4v) is 1.83. The van der Waals surface area contributed by atoms with Gasteiger partial charge in [-0.3, -0.25) is 0 Å². The van der Waals surface area contributed by atoms with Crippen molar-refractivity contribution in [1.29, 1.82) is 0 Å². The minimum atomic E-state index is -4.44. The van der Waals surface area contributed by atoms with E-state index >= 15 is 0 Å². The van der Waals surface area contributed by atoms with Gasteiger partial charge in [-0.05, 0) is 19.1 Å². The molecule has 2 nitrogen and oxygen atoms in total. The van der Waals surface area contributed by atoms with Crippen LogP contribution in [-0.2, 0) is 12.1 Å². The van der Waals surface area contributed by atoms with E-state index in [0.717, 1.165) is 6.07 Å². The van der Waals surface area contributed by atoms with Crippen LogP contribution in [0.5, 0.6) is 0 Å². The third-order valence-electron chi connectivity index (χ3n) is 2.48. The van der Waals surface area contributed by atoms with Crippen LogP contribution in [0.2, 0.25) is 0 Å². The maximum absolute atomic E-state index is 12.8. The summed E-state index contributed by atoms with van der Waals surface area (Å²) in [7, 11) is 0. The molecule has 6 heteroatoms. The molecule has 0 aliphatic carbocycles. The maximum atomic E-state index is 12.8. The van der Waals surface area contributed by atoms with Crippen LogP contribution in [0.1, 0.15) is 17.0 Å². The Hall–Kier alpha value is -1.49. The van der Waals surface area contributed by atoms with Crippen LogP contribution in [0.4, 0.5) is 13.2 Å². The molecule has 0 fully saturated rings. The first-order valence-electron chi connectivity index (χ1n) is 5.12. The van der Waals surface area contributed by atoms with Gasteiger partial charge in [0.15, 0.2) is 0 Å². The molecule has 0 N–H and O–H groups in total. The molecule has 0 bridgehead atoms. The summed E-state index contributed by atoms with van der Waals surface area (Å²) in [5.74, 6) is 0.469. The highest BCUT2D eigenvalue weighted by molar-refractivity contribution is 6.16. The zero-order valence-electron chi connectivity index (χ0n) is 9.38. The number of benzene rings is 1. The Bertz CT molecular complexity index is 563. The molecule has 0 amide bonds. The highest BCUT2D eigenvalue weighted by atomic mass is 35.5. The Kier molecular flexibility index (Phi) is 3.34. The van der Waals surface area contributed by atoms with Gasteiger partial charge in [0.05, 0.1) is 17.1 Å². The Morgan fingerprint density at radius 2 is 1.94 bits per heavy atom. The first-order valence-corrected chi connectivity index (χ1v) is 5.66. The van der Waals surface area contributed by atoms with Crippen LogP contribution in [0.3, 0.4) is 0 Å². The third-order valence-corrected chi connectivity index (χ3v) is 2.74. The maximum Gasteiger partial charge on any atom is 0.417 e. The van der Waals surface area contributed by atoms with Crippen LogP contribution in [0, 0.1) is 6.92 Å². The van der Waals surface area contributed by atoms with Crippen molar-refractivity contribution in [3.63, 3.8) is 0 Å². The predicted molar refractivity (Wildman–Crippen MR) is 61.2 cm³/mol. The number of aromatic nitrogens is 1. The van der Waals surface area contributed by atoms with Gasteiger partial charge in [0.2, 0.25) is 5.89 Å². The molecule has 0 atom stereocenters. The van der Waals surface area contributed by atoms with E-state index in [4.69, 9.17) is 16.0 Å². The Morgan fingerprint density at radius 1 is 1.28 bits per heavy atom. The molecule has 0 radical (unpaired) electrons. The van der Waals surface area contributed by atoms with Crippen LogP contribution in [0.25, 0.3) is 11.5 Å². The molecule has 0 saturated carbocycles. The fourth-order valence-electron chi connectivity index (χ4n) is 1.58. The summed E-state index contributed by atoms with van der Waals surface area (Å²) in [6.07, 6.45) is -4.44. The highest BCUT2D eigenvalue weighted by Gasteiger charge is 2.34. The molecular weight excluding hydrogens is 267 g/mol. The van der Waals surface area contributed by atoms with Crippen molar-refractivity contribution in [2.45, 2.75) is 19.0 Å². The average Bonchev–Trinajstić information content (AvgIpc) is 2.69. The van der Waals surface area contributed by atoms with E-state index in [1.54, 1.807) is 6.92 Å². The zero-order chi connectivity index (χ0) is 13.3. The van der Waals surface area contributed by atoms with Crippen LogP contribution in [0.15, 0.2) is 28.7 Å². The summed E-state index contributed by atoms with van der Waals surface area (Å²) >= 11 is 5.62. The smallest absolute Gasteiger partial charge is 0.417 e. The number of aryl methyl sites for hydroxylation is 1. The summed E-state index contributed by atoms with van der Waals surface area (Å²) in [5.41, 5.74) is -0.402. The normalized spacial score (nSPS) is 11.8. The molecule has 0 aliphatic heterocycles. The summed E-state index contributed by atoms with van der Waals surface area (Å²) in [4.78, 5) is 3.97. The van der Waals surface area contributed by atoms with Gasteiger partial charge in [-0.1, -0.05) is 12.1 Å². The lowest BCUT2D eigenvalue weighted by molar-refractivity contribution is -0.137. The number of halogens is 4. The largest absolute Gasteiger partial charge is 0.441 e. The Labute approximate surface area is 106 Å². The lowest BCUT2D eigenvalue weighted by Gasteiger charge is -2.09. The molecule has 2 rings (SSSR count). The lowest BCUT2D eigenvalue weighted by atomic mass is 10.1. The quantitative estimate of drug-likeness (QED) is 0.759. The van der Waals surface area contributed by atoms with Crippen molar-refractivity contribution < 1.29 is 17.6 Å². The van der Waals surface area contributed by atoms with E-state index in [1.807, 2.05) is 0 Å². The summed E-state index contributed by atoms with van der Waals surface area (Å²) in [6, 6.07) is 5.15. The number of alkyl halides is 4. The molecule has 2 aromatic rings. The molecule has 1 heterocycles. The van der Waals surface area contributed by atoms with E-state index in [9.17, 15) is 13.2 Å². The second-order valence-electron chi connectivity index (χ2n) is 3.70. The molecule has 0 aliphatic rings. The number of hydrogen-bond acceptors (Lipinski definition) is 2. The van der Waals surface area contributed by atoms with Crippen molar-refractivity contribution in [2.75, 3.05) is 0 Å². The molecule has 96 valence electrons. The predicted octanol–water partition coefficient (Wildman–Crippen LogP) is 4.41. The molecule has 0 spiro atoms. The molecular formula is C12H9ClF3NO. The third kappa shape index (κ3) is 2.36. The van der Waals surface area contributed by atoms with Crippen molar-refractivity contribution in [2.24, 2.45) is 0 Å². The number of oxazole rings is 1. The Morgan fingerprint density at radius 3 is 2.50 bits per heavy atom. The van der Waals surface area contributed by atoms with Gasteiger partial charge in [0, 0.05) is 5.56 Å². The summed E-state index contributed by atoms with van der Waals surface area (Å²) < 4.78 is 43.7. The standard InChI is InChI=1S/C12H9ClF3NO/c1-7-10(6-13)17-11(18-7)8-4-2-3-5-9(8)12(14,15)16/h2-5H,6H2,1H3. The minimum Gasteiger partial charge on any atom is -0.441 e. The van der Waals surface area contributed by atoms with E-state index in [-0.39, 0.29) is 17.3 Å². The first-order chi connectivity index (χ1) is 8.43. The monoisotopic (exact) mass is 275 g/mol. The number of nitrogens with zero attached hydrogens (tertiary/aromatic N) is 1. The number of hydrogen-bond donors (Lipinski definition) is 0. The van der Waals surface area contributed by atoms with E-state index in [1.165, 1.54) is 18.2 Å². The molecule has 0 unspecified atom stereocenters. The van der Waals surface area contributed by atoms with Crippen molar-refractivity contribution in [1.82, 2.24) is 4.98 Å². The van der Waals surface area contributed by atoms with Crippen molar-refractivity contribution >= 4 is 11.6 Å². The average molecular weight is 276 g/mol. The molecule has 0 saturated heterocycles. The van der Waals surface area contributed by atoms with Crippen molar-refractivity contribution in [3.8, 4) is 11.5 Å². The topological polar surface area (TPSA) is 26.0 Å². The molecule has 18 heavy (non-hydrogen) atoms. The molecule has 1 aromatic carbocycles. The van der Waals surface area contributed by atoms with Gasteiger partial charge in [-0.15, -0.1) is 11.6 Å². The SMILES string of the molecule is Cc1oc(-c2ccccc2C(F)(F)F)nc1CCl. The summed E-state index contributed by atoms with van der Waals surface area (Å²) in [5, 5.41) is 0. The zero-order valence-corrected chi connectivity index (χ0v) is 10.1. The number of rotatable bonds is 2. The molecule has 1 aromatic heterocycles. The van der Waals surface area contributed by atoms with Gasteiger partial charge in [0.25, 0.3) is 0 Å². The van der Waals surface area contributed by atoms with Crippen LogP contribution >= 0.6 is 11.6 Å².